The van der Waals surface area contributed by atoms with Gasteiger partial charge in [0.1, 0.15) is 0 Å². The van der Waals surface area contributed by atoms with Gasteiger partial charge in [-0.15, -0.1) is 0 Å². The van der Waals surface area contributed by atoms with Crippen LogP contribution in [0.3, 0.4) is 0 Å². The quantitative estimate of drug-likeness (QED) is 0.637. The summed E-state index contributed by atoms with van der Waals surface area (Å²) < 4.78 is 0. The van der Waals surface area contributed by atoms with Crippen molar-refractivity contribution in [1.29, 1.82) is 0 Å². The number of hydrogen-bond donors (Lipinski definition) is 3. The molecule has 2 rings (SSSR count). The normalized spacial score (nSPS) is 26.9. The summed E-state index contributed by atoms with van der Waals surface area (Å²) in [6.45, 7) is 5.69. The number of nitrogens with one attached hydrogen (secondary N) is 1. The zero-order valence-corrected chi connectivity index (χ0v) is 14.8. The average Bonchev–Trinajstić information content (AvgIpc) is 2.71. The number of aliphatic hydroxyl groups is 1. The molecule has 0 aliphatic carbocycles. The Kier molecular flexibility index (Phi) is 7.01. The SMILES string of the molecule is CC(=O)NC1CCN(C[C@@]2(O)CCCN(C(=O)CCN)CC2)CC1. The van der Waals surface area contributed by atoms with E-state index in [1.807, 2.05) is 4.90 Å². The molecule has 2 aliphatic heterocycles. The average molecular weight is 340 g/mol. The molecule has 0 unspecified atom stereocenters. The Morgan fingerprint density at radius 2 is 1.92 bits per heavy atom. The van der Waals surface area contributed by atoms with E-state index >= 15 is 0 Å². The predicted molar refractivity (Wildman–Crippen MR) is 92.3 cm³/mol. The number of carbonyl (C=O) groups excluding carboxylic acids is 2. The van der Waals surface area contributed by atoms with Crippen LogP contribution in [0, 0.1) is 0 Å². The molecular weight excluding hydrogens is 308 g/mol. The van der Waals surface area contributed by atoms with E-state index < -0.39 is 5.60 Å². The Labute approximate surface area is 144 Å². The summed E-state index contributed by atoms with van der Waals surface area (Å²) in [4.78, 5) is 27.3. The second kappa shape index (κ2) is 8.78. The molecule has 7 nitrogen and oxygen atoms in total. The number of amides is 2. The van der Waals surface area contributed by atoms with Crippen molar-refractivity contribution in [1.82, 2.24) is 15.1 Å². The van der Waals surface area contributed by atoms with Crippen LogP contribution in [0.4, 0.5) is 0 Å². The third kappa shape index (κ3) is 5.72. The van der Waals surface area contributed by atoms with Gasteiger partial charge in [0.2, 0.25) is 11.8 Å². The van der Waals surface area contributed by atoms with Gasteiger partial charge in [0.25, 0.3) is 0 Å². The number of hydrogen-bond acceptors (Lipinski definition) is 5. The first-order valence-electron chi connectivity index (χ1n) is 9.11. The molecule has 0 bridgehead atoms. The summed E-state index contributed by atoms with van der Waals surface area (Å²) in [7, 11) is 0. The van der Waals surface area contributed by atoms with Crippen molar-refractivity contribution in [2.45, 2.75) is 57.1 Å². The third-order valence-electron chi connectivity index (χ3n) is 5.14. The van der Waals surface area contributed by atoms with Crippen molar-refractivity contribution in [2.75, 3.05) is 39.3 Å². The molecule has 24 heavy (non-hydrogen) atoms. The van der Waals surface area contributed by atoms with E-state index in [1.165, 1.54) is 0 Å². The van der Waals surface area contributed by atoms with Gasteiger partial charge in [-0.25, -0.2) is 0 Å². The van der Waals surface area contributed by atoms with Crippen molar-refractivity contribution in [2.24, 2.45) is 5.73 Å². The maximum atomic E-state index is 12.0. The van der Waals surface area contributed by atoms with Gasteiger partial charge in [0.15, 0.2) is 0 Å². The van der Waals surface area contributed by atoms with Crippen LogP contribution < -0.4 is 11.1 Å². The van der Waals surface area contributed by atoms with Gasteiger partial charge in [0.05, 0.1) is 5.60 Å². The molecule has 2 amide bonds. The van der Waals surface area contributed by atoms with Crippen LogP contribution in [0.2, 0.25) is 0 Å². The summed E-state index contributed by atoms with van der Waals surface area (Å²) in [5.74, 6) is 0.121. The van der Waals surface area contributed by atoms with Crippen molar-refractivity contribution in [3.63, 3.8) is 0 Å². The summed E-state index contributed by atoms with van der Waals surface area (Å²) in [6.07, 6.45) is 4.41. The molecule has 138 valence electrons. The molecule has 0 radical (unpaired) electrons. The van der Waals surface area contributed by atoms with E-state index in [9.17, 15) is 14.7 Å². The smallest absolute Gasteiger partial charge is 0.223 e. The zero-order chi connectivity index (χ0) is 17.6. The van der Waals surface area contributed by atoms with E-state index in [4.69, 9.17) is 5.73 Å². The minimum Gasteiger partial charge on any atom is -0.388 e. The lowest BCUT2D eigenvalue weighted by Crippen LogP contribution is -2.50. The first-order chi connectivity index (χ1) is 11.4. The number of carbonyl (C=O) groups is 2. The molecule has 1 atom stereocenters. The van der Waals surface area contributed by atoms with Crippen LogP contribution in [-0.2, 0) is 9.59 Å². The summed E-state index contributed by atoms with van der Waals surface area (Å²) in [5.41, 5.74) is 4.74. The number of nitrogens with two attached hydrogens (primary N) is 1. The van der Waals surface area contributed by atoms with Gasteiger partial charge in [-0.2, -0.15) is 0 Å². The van der Waals surface area contributed by atoms with Crippen LogP contribution in [0.1, 0.15) is 45.4 Å². The van der Waals surface area contributed by atoms with Gasteiger partial charge >= 0.3 is 0 Å². The highest BCUT2D eigenvalue weighted by molar-refractivity contribution is 5.76. The third-order valence-corrected chi connectivity index (χ3v) is 5.14. The Bertz CT molecular complexity index is 438. The van der Waals surface area contributed by atoms with E-state index in [0.717, 1.165) is 38.8 Å². The summed E-state index contributed by atoms with van der Waals surface area (Å²) >= 11 is 0. The van der Waals surface area contributed by atoms with Gasteiger partial charge < -0.3 is 26.0 Å². The standard InChI is InChI=1S/C17H32N4O3/c1-14(22)19-15-4-10-20(11-5-15)13-17(24)6-2-9-21(12-7-17)16(23)3-8-18/h15,24H,2-13,18H2,1H3,(H,19,22)/t17-/m1/s1. The van der Waals surface area contributed by atoms with Crippen molar-refractivity contribution in [3.05, 3.63) is 0 Å². The van der Waals surface area contributed by atoms with Gasteiger partial charge in [-0.1, -0.05) is 0 Å². The predicted octanol–water partition coefficient (Wildman–Crippen LogP) is -0.321. The first kappa shape index (κ1) is 19.1. The molecule has 2 aliphatic rings. The molecular formula is C17H32N4O3. The van der Waals surface area contributed by atoms with E-state index in [2.05, 4.69) is 10.2 Å². The van der Waals surface area contributed by atoms with Crippen molar-refractivity contribution < 1.29 is 14.7 Å². The highest BCUT2D eigenvalue weighted by atomic mass is 16.3. The molecule has 0 aromatic heterocycles. The van der Waals surface area contributed by atoms with Crippen LogP contribution in [-0.4, -0.2) is 77.6 Å². The number of nitrogens with zero attached hydrogens (tertiary/aromatic N) is 2. The maximum absolute atomic E-state index is 12.0. The molecule has 2 heterocycles. The van der Waals surface area contributed by atoms with Gasteiger partial charge in [-0.3, -0.25) is 9.59 Å². The highest BCUT2D eigenvalue weighted by Crippen LogP contribution is 2.25. The number of rotatable bonds is 5. The lowest BCUT2D eigenvalue weighted by molar-refractivity contribution is -0.131. The first-order valence-corrected chi connectivity index (χ1v) is 9.11. The summed E-state index contributed by atoms with van der Waals surface area (Å²) in [6, 6.07) is 0.256. The number of β-amino-alcohol motifs (C(OH)–C–C–N with tert-alkyl or cyclic N) is 1. The van der Waals surface area contributed by atoms with Crippen molar-refractivity contribution in [3.8, 4) is 0 Å². The lowest BCUT2D eigenvalue weighted by Gasteiger charge is -2.38. The van der Waals surface area contributed by atoms with Crippen LogP contribution in [0.25, 0.3) is 0 Å². The second-order valence-electron chi connectivity index (χ2n) is 7.25. The Hall–Kier alpha value is -1.18. The molecule has 7 heteroatoms. The Balaban J connectivity index is 1.80. The van der Waals surface area contributed by atoms with E-state index in [-0.39, 0.29) is 17.9 Å². The van der Waals surface area contributed by atoms with Crippen molar-refractivity contribution >= 4 is 11.8 Å². The van der Waals surface area contributed by atoms with E-state index in [0.29, 0.717) is 39.0 Å². The number of likely N-dealkylation sites (tertiary alicyclic amines) is 2. The molecule has 0 aromatic carbocycles. The van der Waals surface area contributed by atoms with Crippen LogP contribution in [0.5, 0.6) is 0 Å². The topological polar surface area (TPSA) is 98.9 Å². The largest absolute Gasteiger partial charge is 0.388 e. The zero-order valence-electron chi connectivity index (χ0n) is 14.8. The highest BCUT2D eigenvalue weighted by Gasteiger charge is 2.34. The Morgan fingerprint density at radius 3 is 2.54 bits per heavy atom. The minimum absolute atomic E-state index is 0.0260. The Morgan fingerprint density at radius 1 is 1.21 bits per heavy atom. The summed E-state index contributed by atoms with van der Waals surface area (Å²) in [5, 5.41) is 13.9. The molecule has 2 fully saturated rings. The fourth-order valence-corrected chi connectivity index (χ4v) is 3.81. The fraction of sp³-hybridized carbons (Fsp3) is 0.882. The molecule has 0 spiro atoms. The van der Waals surface area contributed by atoms with Gasteiger partial charge in [0, 0.05) is 58.7 Å². The molecule has 2 saturated heterocycles. The number of piperidine rings is 1. The monoisotopic (exact) mass is 340 g/mol. The second-order valence-corrected chi connectivity index (χ2v) is 7.25. The van der Waals surface area contributed by atoms with Crippen LogP contribution in [0.15, 0.2) is 0 Å². The lowest BCUT2D eigenvalue weighted by atomic mass is 9.93. The van der Waals surface area contributed by atoms with Crippen LogP contribution >= 0.6 is 0 Å². The molecule has 4 N–H and O–H groups in total. The fourth-order valence-electron chi connectivity index (χ4n) is 3.81. The van der Waals surface area contributed by atoms with E-state index in [1.54, 1.807) is 6.92 Å². The van der Waals surface area contributed by atoms with Gasteiger partial charge in [-0.05, 0) is 32.1 Å². The maximum Gasteiger partial charge on any atom is 0.223 e. The minimum atomic E-state index is -0.724. The molecule has 0 saturated carbocycles. The molecule has 0 aromatic rings.